The van der Waals surface area contributed by atoms with Crippen LogP contribution in [-0.4, -0.2) is 41.1 Å². The van der Waals surface area contributed by atoms with E-state index in [1.54, 1.807) is 4.90 Å². The van der Waals surface area contributed by atoms with Gasteiger partial charge in [-0.1, -0.05) is 20.3 Å². The molecule has 5 nitrogen and oxygen atoms in total. The van der Waals surface area contributed by atoms with Gasteiger partial charge in [0.25, 0.3) is 0 Å². The van der Waals surface area contributed by atoms with Gasteiger partial charge in [0.2, 0.25) is 0 Å². The molecule has 2 N–H and O–H groups in total. The summed E-state index contributed by atoms with van der Waals surface area (Å²) in [5, 5.41) is 12.2. The zero-order chi connectivity index (χ0) is 14.7. The number of amides is 2. The van der Waals surface area contributed by atoms with Crippen molar-refractivity contribution in [3.63, 3.8) is 0 Å². The van der Waals surface area contributed by atoms with Crippen LogP contribution in [0.15, 0.2) is 0 Å². The molecule has 2 atom stereocenters. The molecule has 0 aromatic carbocycles. The first-order valence-corrected chi connectivity index (χ1v) is 7.79. The number of nitrogens with zero attached hydrogens (tertiary/aromatic N) is 1. The van der Waals surface area contributed by atoms with E-state index in [2.05, 4.69) is 12.2 Å². The van der Waals surface area contributed by atoms with Crippen LogP contribution in [0.3, 0.4) is 0 Å². The Morgan fingerprint density at radius 1 is 1.20 bits per heavy atom. The van der Waals surface area contributed by atoms with Crippen LogP contribution in [0.2, 0.25) is 0 Å². The summed E-state index contributed by atoms with van der Waals surface area (Å²) in [7, 11) is 0. The highest BCUT2D eigenvalue weighted by Crippen LogP contribution is 2.27. The molecule has 114 valence electrons. The molecule has 2 fully saturated rings. The fourth-order valence-corrected chi connectivity index (χ4v) is 3.44. The number of carbonyl (C=O) groups is 2. The first kappa shape index (κ1) is 15.1. The van der Waals surface area contributed by atoms with Crippen molar-refractivity contribution in [2.75, 3.05) is 13.1 Å². The molecule has 2 aliphatic rings. The van der Waals surface area contributed by atoms with E-state index in [0.29, 0.717) is 13.1 Å². The van der Waals surface area contributed by atoms with Crippen LogP contribution < -0.4 is 5.32 Å². The zero-order valence-corrected chi connectivity index (χ0v) is 12.5. The average Bonchev–Trinajstić information content (AvgIpc) is 2.82. The highest BCUT2D eigenvalue weighted by Gasteiger charge is 2.37. The van der Waals surface area contributed by atoms with Gasteiger partial charge in [-0.05, 0) is 37.5 Å². The molecule has 1 heterocycles. The molecule has 0 aromatic heterocycles. The maximum Gasteiger partial charge on any atom is 0.317 e. The van der Waals surface area contributed by atoms with E-state index in [0.717, 1.165) is 18.8 Å². The van der Waals surface area contributed by atoms with E-state index < -0.39 is 11.9 Å². The van der Waals surface area contributed by atoms with Crippen molar-refractivity contribution in [1.82, 2.24) is 10.2 Å². The molecule has 0 aromatic rings. The number of hydrogen-bond donors (Lipinski definition) is 2. The molecule has 1 aliphatic carbocycles. The summed E-state index contributed by atoms with van der Waals surface area (Å²) in [6.45, 7) is 5.01. The SMILES string of the molecule is CCC1CCC(NC(=O)N2C[C@@H](C)[C@H](C(=O)O)C2)CC1. The molecule has 20 heavy (non-hydrogen) atoms. The van der Waals surface area contributed by atoms with Gasteiger partial charge in [0.1, 0.15) is 0 Å². The van der Waals surface area contributed by atoms with E-state index in [4.69, 9.17) is 5.11 Å². The zero-order valence-electron chi connectivity index (χ0n) is 12.5. The molecule has 1 saturated heterocycles. The second-order valence-corrected chi connectivity index (χ2v) is 6.40. The van der Waals surface area contributed by atoms with Gasteiger partial charge in [0, 0.05) is 19.1 Å². The van der Waals surface area contributed by atoms with Gasteiger partial charge < -0.3 is 15.3 Å². The second kappa shape index (κ2) is 6.46. The maximum atomic E-state index is 12.2. The topological polar surface area (TPSA) is 69.6 Å². The predicted molar refractivity (Wildman–Crippen MR) is 76.4 cm³/mol. The highest BCUT2D eigenvalue weighted by atomic mass is 16.4. The van der Waals surface area contributed by atoms with Crippen LogP contribution in [0.25, 0.3) is 0 Å². The van der Waals surface area contributed by atoms with Crippen molar-refractivity contribution in [3.8, 4) is 0 Å². The van der Waals surface area contributed by atoms with E-state index >= 15 is 0 Å². The van der Waals surface area contributed by atoms with E-state index in [9.17, 15) is 9.59 Å². The third-order valence-corrected chi connectivity index (χ3v) is 4.97. The molecule has 1 aliphatic heterocycles. The minimum absolute atomic E-state index is 0.0362. The number of rotatable bonds is 3. The molecule has 2 rings (SSSR count). The van der Waals surface area contributed by atoms with Gasteiger partial charge in [0.15, 0.2) is 0 Å². The van der Waals surface area contributed by atoms with Gasteiger partial charge >= 0.3 is 12.0 Å². The fraction of sp³-hybridized carbons (Fsp3) is 0.867. The lowest BCUT2D eigenvalue weighted by Gasteiger charge is -2.30. The quantitative estimate of drug-likeness (QED) is 0.834. The molecule has 5 heteroatoms. The van der Waals surface area contributed by atoms with Gasteiger partial charge in [-0.2, -0.15) is 0 Å². The summed E-state index contributed by atoms with van der Waals surface area (Å²) in [5.74, 6) is -0.367. The lowest BCUT2D eigenvalue weighted by molar-refractivity contribution is -0.142. The molecular weight excluding hydrogens is 256 g/mol. The van der Waals surface area contributed by atoms with Gasteiger partial charge in [-0.25, -0.2) is 4.79 Å². The number of carbonyl (C=O) groups excluding carboxylic acids is 1. The summed E-state index contributed by atoms with van der Waals surface area (Å²) in [5.41, 5.74) is 0. The van der Waals surface area contributed by atoms with Gasteiger partial charge in [-0.15, -0.1) is 0 Å². The first-order valence-electron chi connectivity index (χ1n) is 7.79. The molecule has 0 bridgehead atoms. The molecule has 2 amide bonds. The maximum absolute atomic E-state index is 12.2. The Labute approximate surface area is 120 Å². The number of likely N-dealkylation sites (tertiary alicyclic amines) is 1. The number of urea groups is 1. The van der Waals surface area contributed by atoms with Crippen LogP contribution in [0.5, 0.6) is 0 Å². The predicted octanol–water partition coefficient (Wildman–Crippen LogP) is 2.32. The Bertz CT molecular complexity index is 364. The number of carboxylic acid groups (broad SMARTS) is 1. The molecule has 0 radical (unpaired) electrons. The fourth-order valence-electron chi connectivity index (χ4n) is 3.44. The van der Waals surface area contributed by atoms with Crippen LogP contribution in [0.4, 0.5) is 4.79 Å². The van der Waals surface area contributed by atoms with Crippen molar-refractivity contribution in [3.05, 3.63) is 0 Å². The van der Waals surface area contributed by atoms with Crippen LogP contribution in [-0.2, 0) is 4.79 Å². The van der Waals surface area contributed by atoms with E-state index in [1.165, 1.54) is 19.3 Å². The Morgan fingerprint density at radius 3 is 2.35 bits per heavy atom. The largest absolute Gasteiger partial charge is 0.481 e. The smallest absolute Gasteiger partial charge is 0.317 e. The molecular formula is C15H26N2O3. The Balaban J connectivity index is 1.80. The average molecular weight is 282 g/mol. The second-order valence-electron chi connectivity index (χ2n) is 6.40. The van der Waals surface area contributed by atoms with Crippen LogP contribution in [0, 0.1) is 17.8 Å². The van der Waals surface area contributed by atoms with Crippen molar-refractivity contribution in [2.45, 2.75) is 52.0 Å². The Hall–Kier alpha value is -1.26. The third kappa shape index (κ3) is 3.44. The molecule has 1 saturated carbocycles. The summed E-state index contributed by atoms with van der Waals surface area (Å²) >= 11 is 0. The van der Waals surface area contributed by atoms with Gasteiger partial charge in [-0.3, -0.25) is 4.79 Å². The third-order valence-electron chi connectivity index (χ3n) is 4.97. The van der Waals surface area contributed by atoms with Crippen molar-refractivity contribution < 1.29 is 14.7 Å². The van der Waals surface area contributed by atoms with Crippen molar-refractivity contribution in [1.29, 1.82) is 0 Å². The van der Waals surface area contributed by atoms with E-state index in [1.807, 2.05) is 6.92 Å². The summed E-state index contributed by atoms with van der Waals surface area (Å²) < 4.78 is 0. The van der Waals surface area contributed by atoms with Gasteiger partial charge in [0.05, 0.1) is 5.92 Å². The monoisotopic (exact) mass is 282 g/mol. The lowest BCUT2D eigenvalue weighted by Crippen LogP contribution is -2.45. The summed E-state index contributed by atoms with van der Waals surface area (Å²) in [6.07, 6.45) is 5.71. The first-order chi connectivity index (χ1) is 9.51. The molecule has 0 unspecified atom stereocenters. The van der Waals surface area contributed by atoms with Crippen molar-refractivity contribution in [2.24, 2.45) is 17.8 Å². The summed E-state index contributed by atoms with van der Waals surface area (Å²) in [4.78, 5) is 24.9. The Kier molecular flexibility index (Phi) is 4.89. The standard InChI is InChI=1S/C15H26N2O3/c1-3-11-4-6-12(7-5-11)16-15(20)17-8-10(2)13(9-17)14(18)19/h10-13H,3-9H2,1-2H3,(H,16,20)(H,18,19)/t10-,11?,12?,13-/m1/s1. The van der Waals surface area contributed by atoms with Crippen molar-refractivity contribution >= 4 is 12.0 Å². The van der Waals surface area contributed by atoms with Crippen LogP contribution >= 0.6 is 0 Å². The number of aliphatic carboxylic acids is 1. The normalized spacial score (nSPS) is 34.0. The minimum atomic E-state index is -0.795. The minimum Gasteiger partial charge on any atom is -0.481 e. The molecule has 0 spiro atoms. The lowest BCUT2D eigenvalue weighted by atomic mass is 9.84. The highest BCUT2D eigenvalue weighted by molar-refractivity contribution is 5.77. The van der Waals surface area contributed by atoms with E-state index in [-0.39, 0.29) is 18.0 Å². The number of nitrogens with one attached hydrogen (secondary N) is 1. The summed E-state index contributed by atoms with van der Waals surface area (Å²) in [6, 6.07) is 0.185. The Morgan fingerprint density at radius 2 is 1.85 bits per heavy atom. The number of carboxylic acids is 1. The number of hydrogen-bond acceptors (Lipinski definition) is 2. The van der Waals surface area contributed by atoms with Crippen LogP contribution in [0.1, 0.15) is 46.0 Å².